The van der Waals surface area contributed by atoms with Crippen LogP contribution in [0.5, 0.6) is 0 Å². The van der Waals surface area contributed by atoms with E-state index in [1.54, 1.807) is 4.90 Å². The Morgan fingerprint density at radius 1 is 1.14 bits per heavy atom. The zero-order chi connectivity index (χ0) is 26.0. The molecule has 0 aromatic rings. The van der Waals surface area contributed by atoms with Crippen LogP contribution in [-0.2, 0) is 38.2 Å². The Hall–Kier alpha value is -2.71. The molecule has 4 aliphatic carbocycles. The Kier molecular flexibility index (Phi) is 6.03. The first-order valence-corrected chi connectivity index (χ1v) is 13.0. The number of hydrogen-bond donors (Lipinski definition) is 0. The Balaban J connectivity index is 1.83. The molecule has 0 bridgehead atoms. The average Bonchev–Trinajstić information content (AvgIpc) is 3.47. The van der Waals surface area contributed by atoms with Crippen LogP contribution in [0, 0.1) is 34.5 Å². The first-order chi connectivity index (χ1) is 17.1. The summed E-state index contributed by atoms with van der Waals surface area (Å²) in [6.45, 7) is 4.96. The summed E-state index contributed by atoms with van der Waals surface area (Å²) in [6.07, 6.45) is 3.05. The Morgan fingerprint density at radius 3 is 2.53 bits per heavy atom. The highest BCUT2D eigenvalue weighted by atomic mass is 16.6. The summed E-state index contributed by atoms with van der Waals surface area (Å²) < 4.78 is 16.8. The van der Waals surface area contributed by atoms with Crippen molar-refractivity contribution >= 4 is 30.1 Å². The van der Waals surface area contributed by atoms with Gasteiger partial charge in [0.15, 0.2) is 0 Å². The van der Waals surface area contributed by atoms with Crippen LogP contribution in [0.25, 0.3) is 0 Å². The SMILES string of the molecule is COC(=O)[C@@H]1C[C@@]23C4=C(CCC(=O)[C@]2(COC(C)=O)[C@H](OC(C)=O)C[C@@H]2[C@H](C)CN(C=O)[C@@H]23)CC[C@@H]41. The van der Waals surface area contributed by atoms with Gasteiger partial charge in [0, 0.05) is 38.3 Å². The summed E-state index contributed by atoms with van der Waals surface area (Å²) in [6, 6.07) is -0.366. The average molecular weight is 502 g/mol. The summed E-state index contributed by atoms with van der Waals surface area (Å²) in [5.41, 5.74) is -0.153. The van der Waals surface area contributed by atoms with Gasteiger partial charge in [0.1, 0.15) is 23.9 Å². The highest BCUT2D eigenvalue weighted by Crippen LogP contribution is 2.73. The summed E-state index contributed by atoms with van der Waals surface area (Å²) in [7, 11) is 1.37. The predicted molar refractivity (Wildman–Crippen MR) is 125 cm³/mol. The molecule has 196 valence electrons. The van der Waals surface area contributed by atoms with Gasteiger partial charge in [-0.05, 0) is 49.9 Å². The molecule has 9 nitrogen and oxygen atoms in total. The largest absolute Gasteiger partial charge is 0.469 e. The Labute approximate surface area is 210 Å². The lowest BCUT2D eigenvalue weighted by molar-refractivity contribution is -0.201. The van der Waals surface area contributed by atoms with Gasteiger partial charge in [-0.25, -0.2) is 0 Å². The molecule has 1 aliphatic heterocycles. The first-order valence-electron chi connectivity index (χ1n) is 13.0. The second kappa shape index (κ2) is 8.70. The van der Waals surface area contributed by atoms with E-state index in [9.17, 15) is 24.0 Å². The monoisotopic (exact) mass is 501 g/mol. The van der Waals surface area contributed by atoms with Crippen LogP contribution >= 0.6 is 0 Å². The van der Waals surface area contributed by atoms with Gasteiger partial charge in [-0.1, -0.05) is 18.1 Å². The van der Waals surface area contributed by atoms with E-state index in [0.29, 0.717) is 25.8 Å². The van der Waals surface area contributed by atoms with Crippen molar-refractivity contribution in [1.29, 1.82) is 0 Å². The Morgan fingerprint density at radius 2 is 1.89 bits per heavy atom. The molecule has 0 aromatic heterocycles. The molecule has 0 N–H and O–H groups in total. The minimum atomic E-state index is -1.39. The van der Waals surface area contributed by atoms with Gasteiger partial charge in [-0.3, -0.25) is 24.0 Å². The highest BCUT2D eigenvalue weighted by Gasteiger charge is 2.77. The number of carbonyl (C=O) groups is 5. The number of likely N-dealkylation sites (tertiary alicyclic amines) is 1. The molecule has 1 heterocycles. The number of nitrogens with zero attached hydrogens (tertiary/aromatic N) is 1. The molecule has 9 heteroatoms. The maximum Gasteiger partial charge on any atom is 0.309 e. The number of allylic oxidation sites excluding steroid dienone is 1. The van der Waals surface area contributed by atoms with Gasteiger partial charge < -0.3 is 19.1 Å². The fourth-order valence-electron chi connectivity index (χ4n) is 8.92. The van der Waals surface area contributed by atoms with Gasteiger partial charge in [-0.15, -0.1) is 0 Å². The lowest BCUT2D eigenvalue weighted by Crippen LogP contribution is -2.69. The summed E-state index contributed by atoms with van der Waals surface area (Å²) in [5, 5.41) is 0. The van der Waals surface area contributed by atoms with Crippen molar-refractivity contribution in [3.63, 3.8) is 0 Å². The van der Waals surface area contributed by atoms with E-state index in [2.05, 4.69) is 6.92 Å². The molecule has 1 spiro atoms. The second-order valence-electron chi connectivity index (χ2n) is 11.4. The molecule has 2 saturated carbocycles. The number of Topliss-reactive ketones (excluding diaryl/α,β-unsaturated/α-hetero) is 1. The molecule has 36 heavy (non-hydrogen) atoms. The number of ether oxygens (including phenoxy) is 3. The molecule has 3 fully saturated rings. The molecular formula is C27H35NO8. The number of fused-ring (bicyclic) bond motifs is 1. The van der Waals surface area contributed by atoms with Gasteiger partial charge in [-0.2, -0.15) is 0 Å². The van der Waals surface area contributed by atoms with E-state index >= 15 is 0 Å². The molecule has 8 atom stereocenters. The van der Waals surface area contributed by atoms with E-state index in [4.69, 9.17) is 14.2 Å². The van der Waals surface area contributed by atoms with Crippen molar-refractivity contribution in [2.24, 2.45) is 34.5 Å². The van der Waals surface area contributed by atoms with Crippen LogP contribution in [-0.4, -0.2) is 67.4 Å². The fraction of sp³-hybridized carbons (Fsp3) is 0.741. The van der Waals surface area contributed by atoms with E-state index < -0.39 is 34.8 Å². The molecular weight excluding hydrogens is 466 g/mol. The van der Waals surface area contributed by atoms with Crippen LogP contribution in [0.3, 0.4) is 0 Å². The Bertz CT molecular complexity index is 1050. The maximum atomic E-state index is 14.4. The van der Waals surface area contributed by atoms with Gasteiger partial charge in [0.05, 0.1) is 13.0 Å². The predicted octanol–water partition coefficient (Wildman–Crippen LogP) is 2.21. The molecule has 5 rings (SSSR count). The minimum absolute atomic E-state index is 0.0395. The number of ketones is 1. The first kappa shape index (κ1) is 25.0. The number of amides is 1. The number of hydrogen-bond acceptors (Lipinski definition) is 8. The third-order valence-corrected chi connectivity index (χ3v) is 9.95. The van der Waals surface area contributed by atoms with Crippen LogP contribution < -0.4 is 0 Å². The lowest BCUT2D eigenvalue weighted by atomic mass is 9.46. The molecule has 0 radical (unpaired) electrons. The molecule has 0 aromatic carbocycles. The minimum Gasteiger partial charge on any atom is -0.469 e. The van der Waals surface area contributed by atoms with Gasteiger partial charge in [0.2, 0.25) is 6.41 Å². The van der Waals surface area contributed by atoms with Gasteiger partial charge in [0.25, 0.3) is 0 Å². The van der Waals surface area contributed by atoms with E-state index in [0.717, 1.165) is 30.4 Å². The molecule has 1 amide bonds. The standard InChI is InChI=1S/C27H35NO8/c1-14-11-28(13-29)24-19(14)9-22(36-16(3)31)27(12-35-15(2)30)21(32)8-6-17-5-7-18-20(25(33)34-4)10-26(24,27)23(17)18/h13-14,18-20,22,24H,5-12H2,1-4H3/t14-,18-,19-,20-,22-,24+,26+,27-/m1/s1. The summed E-state index contributed by atoms with van der Waals surface area (Å²) in [5.74, 6) is -2.03. The fourth-order valence-corrected chi connectivity index (χ4v) is 8.92. The molecule has 5 aliphatic rings. The number of esters is 3. The number of rotatable bonds is 5. The van der Waals surface area contributed by atoms with Crippen molar-refractivity contribution in [3.05, 3.63) is 11.1 Å². The van der Waals surface area contributed by atoms with E-state index in [1.165, 1.54) is 21.0 Å². The summed E-state index contributed by atoms with van der Waals surface area (Å²) in [4.78, 5) is 66.3. The molecule has 0 unspecified atom stereocenters. The van der Waals surface area contributed by atoms with E-state index in [-0.39, 0.29) is 48.6 Å². The maximum absolute atomic E-state index is 14.4. The normalized spacial score (nSPS) is 40.7. The summed E-state index contributed by atoms with van der Waals surface area (Å²) >= 11 is 0. The van der Waals surface area contributed by atoms with Crippen molar-refractivity contribution in [1.82, 2.24) is 4.90 Å². The number of methoxy groups -OCH3 is 1. The van der Waals surface area contributed by atoms with Crippen molar-refractivity contribution in [3.8, 4) is 0 Å². The van der Waals surface area contributed by atoms with Crippen molar-refractivity contribution < 1.29 is 38.2 Å². The third kappa shape index (κ3) is 3.16. The lowest BCUT2D eigenvalue weighted by Gasteiger charge is -2.60. The topological polar surface area (TPSA) is 116 Å². The highest BCUT2D eigenvalue weighted by molar-refractivity contribution is 5.91. The zero-order valence-corrected chi connectivity index (χ0v) is 21.4. The number of carbonyl (C=O) groups excluding carboxylic acids is 5. The van der Waals surface area contributed by atoms with Crippen LogP contribution in [0.2, 0.25) is 0 Å². The third-order valence-electron chi connectivity index (χ3n) is 9.95. The van der Waals surface area contributed by atoms with Crippen LogP contribution in [0.4, 0.5) is 0 Å². The smallest absolute Gasteiger partial charge is 0.309 e. The van der Waals surface area contributed by atoms with Crippen molar-refractivity contribution in [2.45, 2.75) is 71.4 Å². The van der Waals surface area contributed by atoms with Gasteiger partial charge >= 0.3 is 17.9 Å². The quantitative estimate of drug-likeness (QED) is 0.244. The van der Waals surface area contributed by atoms with Crippen LogP contribution in [0.1, 0.15) is 59.3 Å². The second-order valence-corrected chi connectivity index (χ2v) is 11.4. The van der Waals surface area contributed by atoms with Crippen LogP contribution in [0.15, 0.2) is 11.1 Å². The molecule has 1 saturated heterocycles. The van der Waals surface area contributed by atoms with E-state index in [1.807, 2.05) is 0 Å². The zero-order valence-electron chi connectivity index (χ0n) is 21.4. The van der Waals surface area contributed by atoms with Crippen molar-refractivity contribution in [2.75, 3.05) is 20.3 Å².